The van der Waals surface area contributed by atoms with E-state index < -0.39 is 12.4 Å². The molecule has 1 aliphatic carbocycles. The minimum atomic E-state index is -0.642. The van der Waals surface area contributed by atoms with Crippen LogP contribution in [-0.4, -0.2) is 18.3 Å². The number of alkyl halides is 1. The van der Waals surface area contributed by atoms with Crippen molar-refractivity contribution in [3.63, 3.8) is 0 Å². The Balaban J connectivity index is 2.06. The van der Waals surface area contributed by atoms with Crippen LogP contribution in [0.25, 0.3) is 0 Å². The molecular weight excluding hydrogens is 217 g/mol. The van der Waals surface area contributed by atoms with E-state index >= 15 is 0 Å². The first-order chi connectivity index (χ1) is 8.20. The van der Waals surface area contributed by atoms with Gasteiger partial charge in [0.1, 0.15) is 12.4 Å². The van der Waals surface area contributed by atoms with Crippen LogP contribution in [0.1, 0.15) is 49.0 Å². The zero-order valence-corrected chi connectivity index (χ0v) is 10.2. The molecule has 1 aliphatic rings. The van der Waals surface area contributed by atoms with Gasteiger partial charge in [-0.1, -0.05) is 24.3 Å². The van der Waals surface area contributed by atoms with Crippen molar-refractivity contribution in [1.82, 2.24) is 5.32 Å². The molecule has 1 fully saturated rings. The fraction of sp³-hybridized carbons (Fsp3) is 0.571. The van der Waals surface area contributed by atoms with E-state index in [1.807, 2.05) is 24.3 Å². The summed E-state index contributed by atoms with van der Waals surface area (Å²) in [6.07, 6.45) is 2.16. The molecule has 3 atom stereocenters. The highest BCUT2D eigenvalue weighted by Gasteiger charge is 2.22. The second-order valence-electron chi connectivity index (χ2n) is 4.82. The lowest BCUT2D eigenvalue weighted by Crippen LogP contribution is -2.16. The fourth-order valence-electron chi connectivity index (χ4n) is 2.55. The minimum absolute atomic E-state index is 0.347. The van der Waals surface area contributed by atoms with Gasteiger partial charge in [-0.15, -0.1) is 0 Å². The second-order valence-corrected chi connectivity index (χ2v) is 4.82. The molecule has 0 heterocycles. The summed E-state index contributed by atoms with van der Waals surface area (Å²) in [5.41, 5.74) is 2.04. The standard InChI is InChI=1S/C14H20FNO/c1-16-14(17)11-7-5-10(6-8-11)12-3-2-4-13(15)9-12/h5-8,12-14,16-17H,2-4,9H2,1H3/t12?,13-,14?/m0/s1. The van der Waals surface area contributed by atoms with Crippen molar-refractivity contribution in [3.8, 4) is 0 Å². The molecule has 2 rings (SSSR count). The van der Waals surface area contributed by atoms with Gasteiger partial charge < -0.3 is 5.11 Å². The molecular formula is C14H20FNO. The number of aliphatic hydroxyl groups excluding tert-OH is 1. The summed E-state index contributed by atoms with van der Waals surface area (Å²) < 4.78 is 13.3. The van der Waals surface area contributed by atoms with Crippen molar-refractivity contribution in [3.05, 3.63) is 35.4 Å². The van der Waals surface area contributed by atoms with E-state index in [1.165, 1.54) is 5.56 Å². The van der Waals surface area contributed by atoms with Gasteiger partial charge in [-0.25, -0.2) is 4.39 Å². The highest BCUT2D eigenvalue weighted by molar-refractivity contribution is 5.27. The van der Waals surface area contributed by atoms with Crippen molar-refractivity contribution in [2.24, 2.45) is 0 Å². The van der Waals surface area contributed by atoms with E-state index in [-0.39, 0.29) is 0 Å². The van der Waals surface area contributed by atoms with E-state index in [4.69, 9.17) is 0 Å². The Kier molecular flexibility index (Phi) is 4.13. The van der Waals surface area contributed by atoms with Crippen LogP contribution in [0.4, 0.5) is 4.39 Å². The first kappa shape index (κ1) is 12.5. The Morgan fingerprint density at radius 2 is 2.00 bits per heavy atom. The van der Waals surface area contributed by atoms with Crippen LogP contribution in [0.3, 0.4) is 0 Å². The van der Waals surface area contributed by atoms with Crippen LogP contribution in [-0.2, 0) is 0 Å². The zero-order chi connectivity index (χ0) is 12.3. The van der Waals surface area contributed by atoms with Crippen LogP contribution in [0.2, 0.25) is 0 Å². The van der Waals surface area contributed by atoms with Crippen molar-refractivity contribution >= 4 is 0 Å². The molecule has 0 saturated heterocycles. The monoisotopic (exact) mass is 237 g/mol. The third-order valence-electron chi connectivity index (χ3n) is 3.61. The molecule has 0 aromatic heterocycles. The number of benzene rings is 1. The first-order valence-corrected chi connectivity index (χ1v) is 6.30. The topological polar surface area (TPSA) is 32.3 Å². The Hall–Kier alpha value is -0.930. The van der Waals surface area contributed by atoms with Gasteiger partial charge in [0, 0.05) is 0 Å². The van der Waals surface area contributed by atoms with Gasteiger partial charge in [-0.3, -0.25) is 5.32 Å². The van der Waals surface area contributed by atoms with Gasteiger partial charge in [-0.2, -0.15) is 0 Å². The van der Waals surface area contributed by atoms with Crippen molar-refractivity contribution in [2.75, 3.05) is 7.05 Å². The molecule has 1 saturated carbocycles. The second kappa shape index (κ2) is 5.61. The van der Waals surface area contributed by atoms with Gasteiger partial charge in [0.2, 0.25) is 0 Å². The summed E-state index contributed by atoms with van der Waals surface area (Å²) in [5.74, 6) is 0.347. The Morgan fingerprint density at radius 3 is 2.59 bits per heavy atom. The molecule has 2 nitrogen and oxygen atoms in total. The quantitative estimate of drug-likeness (QED) is 0.792. The predicted octanol–water partition coefficient (Wildman–Crippen LogP) is 2.89. The van der Waals surface area contributed by atoms with Gasteiger partial charge in [-0.05, 0) is 49.8 Å². The Morgan fingerprint density at radius 1 is 1.29 bits per heavy atom. The summed E-state index contributed by atoms with van der Waals surface area (Å²) in [5, 5.41) is 12.4. The summed E-state index contributed by atoms with van der Waals surface area (Å²) in [6.45, 7) is 0. The smallest absolute Gasteiger partial charge is 0.130 e. The maximum atomic E-state index is 13.3. The maximum Gasteiger partial charge on any atom is 0.130 e. The van der Waals surface area contributed by atoms with Crippen LogP contribution >= 0.6 is 0 Å². The number of halogens is 1. The number of rotatable bonds is 3. The van der Waals surface area contributed by atoms with E-state index in [0.29, 0.717) is 18.8 Å². The van der Waals surface area contributed by atoms with Crippen LogP contribution in [0.5, 0.6) is 0 Å². The third-order valence-corrected chi connectivity index (χ3v) is 3.61. The van der Waals surface area contributed by atoms with Gasteiger partial charge in [0.05, 0.1) is 0 Å². The third kappa shape index (κ3) is 3.05. The molecule has 0 aliphatic heterocycles. The first-order valence-electron chi connectivity index (χ1n) is 6.30. The van der Waals surface area contributed by atoms with Gasteiger partial charge >= 0.3 is 0 Å². The van der Waals surface area contributed by atoms with Crippen LogP contribution < -0.4 is 5.32 Å². The highest BCUT2D eigenvalue weighted by Crippen LogP contribution is 2.34. The van der Waals surface area contributed by atoms with E-state index in [9.17, 15) is 9.50 Å². The summed E-state index contributed by atoms with van der Waals surface area (Å²) >= 11 is 0. The lowest BCUT2D eigenvalue weighted by atomic mass is 9.83. The van der Waals surface area contributed by atoms with Crippen LogP contribution in [0.15, 0.2) is 24.3 Å². The molecule has 17 heavy (non-hydrogen) atoms. The number of hydrogen-bond donors (Lipinski definition) is 2. The lowest BCUT2D eigenvalue weighted by molar-refractivity contribution is 0.149. The lowest BCUT2D eigenvalue weighted by Gasteiger charge is -2.25. The average Bonchev–Trinajstić information content (AvgIpc) is 2.38. The fourth-order valence-corrected chi connectivity index (χ4v) is 2.55. The van der Waals surface area contributed by atoms with E-state index in [1.54, 1.807) is 7.05 Å². The van der Waals surface area contributed by atoms with E-state index in [2.05, 4.69) is 5.32 Å². The summed E-state index contributed by atoms with van der Waals surface area (Å²) in [7, 11) is 1.72. The molecule has 0 bridgehead atoms. The number of nitrogens with one attached hydrogen (secondary N) is 1. The molecule has 1 aromatic rings. The Bertz CT molecular complexity index is 352. The van der Waals surface area contributed by atoms with Crippen molar-refractivity contribution in [1.29, 1.82) is 0 Å². The largest absolute Gasteiger partial charge is 0.374 e. The summed E-state index contributed by atoms with van der Waals surface area (Å²) in [4.78, 5) is 0. The molecule has 0 spiro atoms. The van der Waals surface area contributed by atoms with E-state index in [0.717, 1.165) is 18.4 Å². The van der Waals surface area contributed by atoms with Crippen LogP contribution in [0, 0.1) is 0 Å². The molecule has 1 aromatic carbocycles. The molecule has 0 amide bonds. The highest BCUT2D eigenvalue weighted by atomic mass is 19.1. The predicted molar refractivity (Wildman–Crippen MR) is 66.6 cm³/mol. The normalized spacial score (nSPS) is 26.8. The SMILES string of the molecule is CNC(O)c1ccc(C2CCC[C@H](F)C2)cc1. The van der Waals surface area contributed by atoms with Gasteiger partial charge in [0.25, 0.3) is 0 Å². The Labute approximate surface area is 102 Å². The number of hydrogen-bond acceptors (Lipinski definition) is 2. The molecule has 2 unspecified atom stereocenters. The molecule has 0 radical (unpaired) electrons. The summed E-state index contributed by atoms with van der Waals surface area (Å²) in [6, 6.07) is 7.86. The van der Waals surface area contributed by atoms with Gasteiger partial charge in [0.15, 0.2) is 0 Å². The molecule has 94 valence electrons. The zero-order valence-electron chi connectivity index (χ0n) is 10.2. The minimum Gasteiger partial charge on any atom is -0.374 e. The van der Waals surface area contributed by atoms with Crippen molar-refractivity contribution in [2.45, 2.75) is 44.0 Å². The maximum absolute atomic E-state index is 13.3. The van der Waals surface area contributed by atoms with Crippen molar-refractivity contribution < 1.29 is 9.50 Å². The number of aliphatic hydroxyl groups is 1. The molecule has 2 N–H and O–H groups in total. The molecule has 3 heteroatoms. The average molecular weight is 237 g/mol.